The number of aromatic amines is 1. The van der Waals surface area contributed by atoms with Crippen molar-refractivity contribution in [3.05, 3.63) is 116 Å². The van der Waals surface area contributed by atoms with E-state index >= 15 is 0 Å². The zero-order valence-electron chi connectivity index (χ0n) is 21.7. The van der Waals surface area contributed by atoms with Crippen LogP contribution in [-0.2, 0) is 19.5 Å². The van der Waals surface area contributed by atoms with Crippen molar-refractivity contribution in [3.63, 3.8) is 0 Å². The van der Waals surface area contributed by atoms with Gasteiger partial charge in [-0.15, -0.1) is 0 Å². The summed E-state index contributed by atoms with van der Waals surface area (Å²) in [5.41, 5.74) is 1.75. The second-order valence-electron chi connectivity index (χ2n) is 10.0. The van der Waals surface area contributed by atoms with Crippen LogP contribution >= 0.6 is 0 Å². The number of imidazole rings is 1. The van der Waals surface area contributed by atoms with Gasteiger partial charge in [-0.25, -0.2) is 24.1 Å². The number of hydrogen-bond donors (Lipinski definition) is 1. The van der Waals surface area contributed by atoms with Crippen molar-refractivity contribution in [1.82, 2.24) is 29.1 Å². The molecule has 11 heteroatoms. The summed E-state index contributed by atoms with van der Waals surface area (Å²) in [5.74, 6) is 0.181. The number of nitrogens with zero attached hydrogens (tertiary/aromatic N) is 6. The summed E-state index contributed by atoms with van der Waals surface area (Å²) in [6, 6.07) is 13.5. The number of aromatic nitrogens is 6. The first-order valence-electron chi connectivity index (χ1n) is 13.0. The van der Waals surface area contributed by atoms with Crippen LogP contribution in [0.5, 0.6) is 0 Å². The van der Waals surface area contributed by atoms with Gasteiger partial charge >= 0.3 is 5.69 Å². The van der Waals surface area contributed by atoms with Gasteiger partial charge in [0.15, 0.2) is 5.65 Å². The van der Waals surface area contributed by atoms with E-state index in [1.807, 2.05) is 24.3 Å². The predicted octanol–water partition coefficient (Wildman–Crippen LogP) is 3.14. The highest BCUT2D eigenvalue weighted by molar-refractivity contribution is 6.05. The van der Waals surface area contributed by atoms with Crippen LogP contribution in [0.3, 0.4) is 0 Å². The number of anilines is 1. The minimum Gasteiger partial charge on any atom is -0.336 e. The van der Waals surface area contributed by atoms with Crippen LogP contribution in [0.4, 0.5) is 10.1 Å². The molecule has 0 spiro atoms. The van der Waals surface area contributed by atoms with Crippen molar-refractivity contribution in [3.8, 4) is 0 Å². The standard InChI is InChI=1S/C29H26FN7O3/c1-35(27(38)21-13-31-17-32-14-21)22-10-8-18(9-11-22)12-24-33-25-26(34-24)36(15-19-6-7-19)29(40)37(28(25)39)16-20-4-2-3-5-23(20)30/h2-5,8-11,13-14,17,19H,6-7,12,15-16H2,1H3,(H,33,34). The summed E-state index contributed by atoms with van der Waals surface area (Å²) in [4.78, 5) is 56.6. The maximum atomic E-state index is 14.4. The Labute approximate surface area is 227 Å². The Balaban J connectivity index is 1.30. The molecular formula is C29H26FN7O3. The van der Waals surface area contributed by atoms with E-state index in [0.717, 1.165) is 23.0 Å². The van der Waals surface area contributed by atoms with Gasteiger partial charge in [0.25, 0.3) is 11.5 Å². The van der Waals surface area contributed by atoms with Crippen LogP contribution < -0.4 is 16.1 Å². The van der Waals surface area contributed by atoms with Gasteiger partial charge in [0.1, 0.15) is 23.5 Å². The molecule has 1 fully saturated rings. The fraction of sp³-hybridized carbons (Fsp3) is 0.241. The summed E-state index contributed by atoms with van der Waals surface area (Å²) < 4.78 is 17.0. The molecule has 1 amide bonds. The lowest BCUT2D eigenvalue weighted by Gasteiger charge is -2.17. The van der Waals surface area contributed by atoms with Crippen molar-refractivity contribution < 1.29 is 9.18 Å². The Morgan fingerprint density at radius 3 is 2.48 bits per heavy atom. The van der Waals surface area contributed by atoms with Crippen molar-refractivity contribution in [2.45, 2.75) is 32.4 Å². The molecule has 1 aliphatic rings. The average Bonchev–Trinajstić information content (AvgIpc) is 3.71. The first-order chi connectivity index (χ1) is 19.4. The number of carbonyl (C=O) groups is 1. The second-order valence-corrected chi connectivity index (χ2v) is 10.0. The third-order valence-corrected chi connectivity index (χ3v) is 7.14. The highest BCUT2D eigenvalue weighted by Gasteiger charge is 2.26. The number of rotatable bonds is 8. The number of H-pyrrole nitrogens is 1. The molecule has 3 aromatic heterocycles. The number of fused-ring (bicyclic) bond motifs is 1. The molecule has 1 saturated carbocycles. The van der Waals surface area contributed by atoms with E-state index in [-0.39, 0.29) is 23.5 Å². The zero-order chi connectivity index (χ0) is 27.8. The molecule has 5 aromatic rings. The van der Waals surface area contributed by atoms with Gasteiger partial charge in [-0.1, -0.05) is 30.3 Å². The molecule has 0 aliphatic heterocycles. The smallest absolute Gasteiger partial charge is 0.333 e. The van der Waals surface area contributed by atoms with Crippen LogP contribution in [0.2, 0.25) is 0 Å². The SMILES string of the molecule is CN(C(=O)c1cncnc1)c1ccc(Cc2nc3c([nH]2)c(=O)n(Cc2ccccc2F)c(=O)n3CC2CC2)cc1. The molecule has 0 unspecified atom stereocenters. The molecule has 0 atom stereocenters. The lowest BCUT2D eigenvalue weighted by atomic mass is 10.1. The lowest BCUT2D eigenvalue weighted by molar-refractivity contribution is 0.0992. The van der Waals surface area contributed by atoms with Crippen molar-refractivity contribution in [2.75, 3.05) is 11.9 Å². The van der Waals surface area contributed by atoms with Gasteiger partial charge in [0.05, 0.1) is 12.1 Å². The maximum absolute atomic E-state index is 14.4. The molecule has 6 rings (SSSR count). The average molecular weight is 540 g/mol. The molecule has 202 valence electrons. The Morgan fingerprint density at radius 2 is 1.77 bits per heavy atom. The number of nitrogens with one attached hydrogen (secondary N) is 1. The van der Waals surface area contributed by atoms with E-state index in [1.54, 1.807) is 25.2 Å². The van der Waals surface area contributed by atoms with Gasteiger partial charge < -0.3 is 9.88 Å². The Morgan fingerprint density at radius 1 is 1.05 bits per heavy atom. The lowest BCUT2D eigenvalue weighted by Crippen LogP contribution is -2.40. The molecular weight excluding hydrogens is 513 g/mol. The number of carbonyl (C=O) groups excluding carboxylic acids is 1. The third-order valence-electron chi connectivity index (χ3n) is 7.14. The van der Waals surface area contributed by atoms with Gasteiger partial charge in [-0.2, -0.15) is 0 Å². The molecule has 0 saturated heterocycles. The monoisotopic (exact) mass is 539 g/mol. The summed E-state index contributed by atoms with van der Waals surface area (Å²) in [6.07, 6.45) is 6.71. The summed E-state index contributed by atoms with van der Waals surface area (Å²) in [7, 11) is 1.68. The van der Waals surface area contributed by atoms with Crippen LogP contribution in [0, 0.1) is 11.7 Å². The van der Waals surface area contributed by atoms with E-state index < -0.39 is 17.1 Å². The van der Waals surface area contributed by atoms with Crippen LogP contribution in [-0.4, -0.2) is 42.0 Å². The first kappa shape index (κ1) is 25.4. The Kier molecular flexibility index (Phi) is 6.54. The Hall–Kier alpha value is -4.93. The van der Waals surface area contributed by atoms with Crippen molar-refractivity contribution >= 4 is 22.8 Å². The highest BCUT2D eigenvalue weighted by atomic mass is 19.1. The minimum atomic E-state index is -0.533. The quantitative estimate of drug-likeness (QED) is 0.324. The van der Waals surface area contributed by atoms with Crippen molar-refractivity contribution in [2.24, 2.45) is 5.92 Å². The van der Waals surface area contributed by atoms with Crippen LogP contribution in [0.15, 0.2) is 76.8 Å². The molecule has 3 heterocycles. The van der Waals surface area contributed by atoms with Gasteiger partial charge in [-0.05, 0) is 42.5 Å². The van der Waals surface area contributed by atoms with E-state index in [0.29, 0.717) is 41.6 Å². The normalized spacial score (nSPS) is 13.1. The summed E-state index contributed by atoms with van der Waals surface area (Å²) in [5, 5.41) is 0. The van der Waals surface area contributed by atoms with E-state index in [9.17, 15) is 18.8 Å². The first-order valence-corrected chi connectivity index (χ1v) is 13.0. The molecule has 2 aromatic carbocycles. The van der Waals surface area contributed by atoms with E-state index in [4.69, 9.17) is 0 Å². The number of benzene rings is 2. The number of amides is 1. The fourth-order valence-electron chi connectivity index (χ4n) is 4.71. The van der Waals surface area contributed by atoms with E-state index in [1.165, 1.54) is 34.3 Å². The molecule has 0 bridgehead atoms. The highest BCUT2D eigenvalue weighted by Crippen LogP contribution is 2.30. The van der Waals surface area contributed by atoms with Gasteiger partial charge in [-0.3, -0.25) is 18.7 Å². The third kappa shape index (κ3) is 4.93. The second kappa shape index (κ2) is 10.3. The topological polar surface area (TPSA) is 119 Å². The van der Waals surface area contributed by atoms with Gasteiger partial charge in [0, 0.05) is 43.7 Å². The Bertz CT molecular complexity index is 1820. The van der Waals surface area contributed by atoms with E-state index in [2.05, 4.69) is 19.9 Å². The number of halogens is 1. The molecule has 0 radical (unpaired) electrons. The fourth-order valence-corrected chi connectivity index (χ4v) is 4.71. The minimum absolute atomic E-state index is 0.165. The molecule has 1 N–H and O–H groups in total. The van der Waals surface area contributed by atoms with Gasteiger partial charge in [0.2, 0.25) is 0 Å². The largest absolute Gasteiger partial charge is 0.336 e. The number of hydrogen-bond acceptors (Lipinski definition) is 6. The maximum Gasteiger partial charge on any atom is 0.333 e. The molecule has 1 aliphatic carbocycles. The van der Waals surface area contributed by atoms with Crippen molar-refractivity contribution in [1.29, 1.82) is 0 Å². The summed E-state index contributed by atoms with van der Waals surface area (Å²) >= 11 is 0. The summed E-state index contributed by atoms with van der Waals surface area (Å²) in [6.45, 7) is 0.292. The molecule has 40 heavy (non-hydrogen) atoms. The molecule has 10 nitrogen and oxygen atoms in total. The zero-order valence-corrected chi connectivity index (χ0v) is 21.7. The predicted molar refractivity (Wildman–Crippen MR) is 147 cm³/mol. The van der Waals surface area contributed by atoms with Crippen LogP contribution in [0.25, 0.3) is 11.2 Å². The van der Waals surface area contributed by atoms with Crippen LogP contribution in [0.1, 0.15) is 40.2 Å².